The Kier molecular flexibility index (Phi) is 4.18. The molecule has 2 saturated heterocycles. The molecule has 6 nitrogen and oxygen atoms in total. The van der Waals surface area contributed by atoms with E-state index in [1.54, 1.807) is 16.7 Å². The van der Waals surface area contributed by atoms with Crippen molar-refractivity contribution < 1.29 is 19.4 Å². The smallest absolute Gasteiger partial charge is 0.327 e. The Morgan fingerprint density at radius 1 is 1.40 bits per heavy atom. The molecular weight excluding hydrogens is 280 g/mol. The van der Waals surface area contributed by atoms with Crippen molar-refractivity contribution in [3.63, 3.8) is 0 Å². The second-order valence-corrected chi connectivity index (χ2v) is 6.80. The molecule has 2 N–H and O–H groups in total. The fourth-order valence-electron chi connectivity index (χ4n) is 2.85. The van der Waals surface area contributed by atoms with Crippen LogP contribution in [0.1, 0.15) is 19.3 Å². The zero-order valence-electron chi connectivity index (χ0n) is 11.3. The van der Waals surface area contributed by atoms with Gasteiger partial charge in [0, 0.05) is 24.8 Å². The molecule has 20 heavy (non-hydrogen) atoms. The Balaban J connectivity index is 1.66. The van der Waals surface area contributed by atoms with E-state index < -0.39 is 12.0 Å². The Labute approximate surface area is 122 Å². The lowest BCUT2D eigenvalue weighted by Gasteiger charge is -2.30. The number of ether oxygens (including phenoxy) is 1. The van der Waals surface area contributed by atoms with Gasteiger partial charge in [-0.2, -0.15) is 0 Å². The van der Waals surface area contributed by atoms with Gasteiger partial charge in [-0.1, -0.05) is 0 Å². The zero-order valence-corrected chi connectivity index (χ0v) is 12.1. The van der Waals surface area contributed by atoms with Crippen LogP contribution in [0.5, 0.6) is 0 Å². The molecule has 7 heteroatoms. The lowest BCUT2D eigenvalue weighted by atomic mass is 10.1. The molecule has 0 bridgehead atoms. The number of hydrogen-bond donors (Lipinski definition) is 2. The van der Waals surface area contributed by atoms with Crippen LogP contribution in [-0.2, 0) is 14.3 Å². The van der Waals surface area contributed by atoms with Gasteiger partial charge in [-0.25, -0.2) is 4.79 Å². The Morgan fingerprint density at radius 2 is 2.20 bits per heavy atom. The molecule has 3 aliphatic rings. The molecule has 0 spiro atoms. The fraction of sp³-hybridized carbons (Fsp3) is 0.846. The number of rotatable bonds is 4. The van der Waals surface area contributed by atoms with Gasteiger partial charge in [0.1, 0.15) is 6.04 Å². The molecule has 0 aromatic carbocycles. The quantitative estimate of drug-likeness (QED) is 0.768. The second-order valence-electron chi connectivity index (χ2n) is 5.65. The van der Waals surface area contributed by atoms with Crippen LogP contribution in [0.4, 0.5) is 0 Å². The van der Waals surface area contributed by atoms with E-state index in [1.165, 1.54) is 0 Å². The highest BCUT2D eigenvalue weighted by molar-refractivity contribution is 8.00. The molecule has 0 aromatic rings. The van der Waals surface area contributed by atoms with Crippen LogP contribution < -0.4 is 5.32 Å². The summed E-state index contributed by atoms with van der Waals surface area (Å²) in [5.74, 6) is 0.0598. The standard InChI is InChI=1S/C13H20N2O4S/c16-11(5-9-6-19-4-3-14-9)15-10(13(17)18)7-20-12(15)8-1-2-8/h8-10,12,14H,1-7H2,(H,17,18). The number of thioether (sulfide) groups is 1. The predicted molar refractivity (Wildman–Crippen MR) is 74.5 cm³/mol. The van der Waals surface area contributed by atoms with Crippen LogP contribution in [0, 0.1) is 5.92 Å². The minimum Gasteiger partial charge on any atom is -0.480 e. The summed E-state index contributed by atoms with van der Waals surface area (Å²) < 4.78 is 5.35. The Bertz CT molecular complexity index is 396. The molecule has 2 heterocycles. The normalized spacial score (nSPS) is 34.2. The molecule has 1 aliphatic carbocycles. The average molecular weight is 300 g/mol. The van der Waals surface area contributed by atoms with Crippen LogP contribution in [0.2, 0.25) is 0 Å². The topological polar surface area (TPSA) is 78.9 Å². The summed E-state index contributed by atoms with van der Waals surface area (Å²) >= 11 is 1.62. The van der Waals surface area contributed by atoms with E-state index in [1.807, 2.05) is 0 Å². The largest absolute Gasteiger partial charge is 0.480 e. The van der Waals surface area contributed by atoms with Gasteiger partial charge >= 0.3 is 5.97 Å². The number of hydrogen-bond acceptors (Lipinski definition) is 5. The number of amides is 1. The fourth-order valence-corrected chi connectivity index (χ4v) is 4.50. The van der Waals surface area contributed by atoms with Gasteiger partial charge in [-0.05, 0) is 18.8 Å². The van der Waals surface area contributed by atoms with Crippen molar-refractivity contribution in [2.45, 2.75) is 36.7 Å². The molecular formula is C13H20N2O4S. The van der Waals surface area contributed by atoms with Crippen LogP contribution in [-0.4, -0.2) is 64.9 Å². The maximum atomic E-state index is 12.5. The summed E-state index contributed by atoms with van der Waals surface area (Å²) in [6, 6.07) is -0.654. The van der Waals surface area contributed by atoms with Crippen molar-refractivity contribution in [1.29, 1.82) is 0 Å². The van der Waals surface area contributed by atoms with Crippen LogP contribution in [0.25, 0.3) is 0 Å². The van der Waals surface area contributed by atoms with E-state index in [2.05, 4.69) is 5.32 Å². The van der Waals surface area contributed by atoms with Gasteiger partial charge in [0.25, 0.3) is 0 Å². The van der Waals surface area contributed by atoms with Crippen LogP contribution in [0.15, 0.2) is 0 Å². The number of carboxylic acid groups (broad SMARTS) is 1. The van der Waals surface area contributed by atoms with E-state index in [9.17, 15) is 14.7 Å². The summed E-state index contributed by atoms with van der Waals surface area (Å²) in [5, 5.41) is 12.6. The first kappa shape index (κ1) is 14.2. The molecule has 112 valence electrons. The SMILES string of the molecule is O=C(O)C1CSC(C2CC2)N1C(=O)CC1COCCN1. The molecule has 1 amide bonds. The van der Waals surface area contributed by atoms with Gasteiger partial charge in [-0.3, -0.25) is 4.79 Å². The molecule has 3 rings (SSSR count). The molecule has 3 unspecified atom stereocenters. The third-order valence-electron chi connectivity index (χ3n) is 4.05. The van der Waals surface area contributed by atoms with Crippen LogP contribution in [0.3, 0.4) is 0 Å². The van der Waals surface area contributed by atoms with Crippen molar-refractivity contribution >= 4 is 23.6 Å². The first-order valence-electron chi connectivity index (χ1n) is 7.13. The van der Waals surface area contributed by atoms with Crippen molar-refractivity contribution in [1.82, 2.24) is 10.2 Å². The maximum Gasteiger partial charge on any atom is 0.327 e. The minimum absolute atomic E-state index is 0.0103. The van der Waals surface area contributed by atoms with Gasteiger partial charge in [0.15, 0.2) is 0 Å². The summed E-state index contributed by atoms with van der Waals surface area (Å²) in [6.07, 6.45) is 2.55. The van der Waals surface area contributed by atoms with E-state index in [4.69, 9.17) is 4.74 Å². The first-order chi connectivity index (χ1) is 9.66. The summed E-state index contributed by atoms with van der Waals surface area (Å²) in [6.45, 7) is 1.95. The molecule has 3 atom stereocenters. The lowest BCUT2D eigenvalue weighted by molar-refractivity contribution is -0.149. The van der Waals surface area contributed by atoms with Gasteiger partial charge in [-0.15, -0.1) is 11.8 Å². The molecule has 3 fully saturated rings. The van der Waals surface area contributed by atoms with E-state index in [0.717, 1.165) is 19.4 Å². The summed E-state index contributed by atoms with van der Waals surface area (Å²) in [4.78, 5) is 25.5. The van der Waals surface area contributed by atoms with E-state index in [-0.39, 0.29) is 17.3 Å². The number of nitrogens with zero attached hydrogens (tertiary/aromatic N) is 1. The second kappa shape index (κ2) is 5.91. The molecule has 0 aromatic heterocycles. The van der Waals surface area contributed by atoms with Crippen molar-refractivity contribution in [2.75, 3.05) is 25.5 Å². The number of carbonyl (C=O) groups excluding carboxylic acids is 1. The highest BCUT2D eigenvalue weighted by Crippen LogP contribution is 2.45. The minimum atomic E-state index is -0.887. The van der Waals surface area contributed by atoms with Gasteiger partial charge in [0.05, 0.1) is 18.6 Å². The Hall–Kier alpha value is -0.790. The molecule has 1 saturated carbocycles. The number of carboxylic acids is 1. The van der Waals surface area contributed by atoms with E-state index >= 15 is 0 Å². The lowest BCUT2D eigenvalue weighted by Crippen LogP contribution is -2.50. The number of nitrogens with one attached hydrogen (secondary N) is 1. The zero-order chi connectivity index (χ0) is 14.1. The molecule has 2 aliphatic heterocycles. The van der Waals surface area contributed by atoms with Crippen LogP contribution >= 0.6 is 11.8 Å². The third kappa shape index (κ3) is 2.94. The monoisotopic (exact) mass is 300 g/mol. The Morgan fingerprint density at radius 3 is 2.80 bits per heavy atom. The highest BCUT2D eigenvalue weighted by Gasteiger charge is 2.48. The van der Waals surface area contributed by atoms with Crippen molar-refractivity contribution in [3.8, 4) is 0 Å². The molecule has 0 radical (unpaired) electrons. The number of carbonyl (C=O) groups is 2. The maximum absolute atomic E-state index is 12.5. The third-order valence-corrected chi connectivity index (χ3v) is 5.51. The summed E-state index contributed by atoms with van der Waals surface area (Å²) in [7, 11) is 0. The average Bonchev–Trinajstić information content (AvgIpc) is 3.17. The number of morpholine rings is 1. The first-order valence-corrected chi connectivity index (χ1v) is 8.18. The highest BCUT2D eigenvalue weighted by atomic mass is 32.2. The van der Waals surface area contributed by atoms with Crippen molar-refractivity contribution in [2.24, 2.45) is 5.92 Å². The van der Waals surface area contributed by atoms with E-state index in [0.29, 0.717) is 31.3 Å². The van der Waals surface area contributed by atoms with Gasteiger partial charge in [0.2, 0.25) is 5.91 Å². The summed E-state index contributed by atoms with van der Waals surface area (Å²) in [5.41, 5.74) is 0. The van der Waals surface area contributed by atoms with Crippen molar-refractivity contribution in [3.05, 3.63) is 0 Å². The van der Waals surface area contributed by atoms with Gasteiger partial charge < -0.3 is 20.1 Å². The predicted octanol–water partition coefficient (Wildman–Crippen LogP) is 0.130. The number of aliphatic carboxylic acids is 1.